The summed E-state index contributed by atoms with van der Waals surface area (Å²) in [5, 5.41) is 0.363. The van der Waals surface area contributed by atoms with Crippen molar-refractivity contribution in [3.63, 3.8) is 0 Å². The minimum atomic E-state index is -3.56. The van der Waals surface area contributed by atoms with Crippen LogP contribution >= 0.6 is 34.2 Å². The molecule has 3 N–H and O–H groups in total. The Kier molecular flexibility index (Phi) is 4.77. The Labute approximate surface area is 136 Å². The summed E-state index contributed by atoms with van der Waals surface area (Å²) in [6, 6.07) is 12.0. The van der Waals surface area contributed by atoms with Gasteiger partial charge in [-0.05, 0) is 52.4 Å². The van der Waals surface area contributed by atoms with Gasteiger partial charge in [-0.2, -0.15) is 0 Å². The van der Waals surface area contributed by atoms with Crippen LogP contribution in [0.1, 0.15) is 5.56 Å². The van der Waals surface area contributed by atoms with Crippen LogP contribution < -0.4 is 10.5 Å². The van der Waals surface area contributed by atoms with Gasteiger partial charge in [-0.3, -0.25) is 4.72 Å². The van der Waals surface area contributed by atoms with Crippen molar-refractivity contribution in [2.45, 2.75) is 5.75 Å². The van der Waals surface area contributed by atoms with Crippen molar-refractivity contribution in [3.8, 4) is 0 Å². The van der Waals surface area contributed by atoms with E-state index in [9.17, 15) is 8.42 Å². The maximum absolute atomic E-state index is 12.1. The van der Waals surface area contributed by atoms with E-state index in [2.05, 4.69) is 27.3 Å². The molecule has 2 rings (SSSR count). The third kappa shape index (κ3) is 4.00. The number of nitrogens with one attached hydrogen (secondary N) is 1. The predicted octanol–water partition coefficient (Wildman–Crippen LogP) is 3.47. The van der Waals surface area contributed by atoms with Crippen molar-refractivity contribution in [3.05, 3.63) is 56.6 Å². The first-order valence-corrected chi connectivity index (χ1v) is 8.77. The Morgan fingerprint density at radius 2 is 1.90 bits per heavy atom. The number of nitrogen functional groups attached to an aromatic ring is 1. The summed E-state index contributed by atoms with van der Waals surface area (Å²) in [6.45, 7) is 0. The van der Waals surface area contributed by atoms with Crippen LogP contribution in [0.25, 0.3) is 0 Å². The maximum atomic E-state index is 12.1. The van der Waals surface area contributed by atoms with Gasteiger partial charge in [0.2, 0.25) is 10.0 Å². The summed E-state index contributed by atoms with van der Waals surface area (Å²) >= 11 is 8.12. The molecule has 0 aliphatic carbocycles. The number of anilines is 2. The van der Waals surface area contributed by atoms with Crippen LogP contribution in [0.15, 0.2) is 42.5 Å². The molecule has 0 atom stereocenters. The summed E-state index contributed by atoms with van der Waals surface area (Å²) in [6.07, 6.45) is 0. The van der Waals surface area contributed by atoms with E-state index in [1.165, 1.54) is 0 Å². The molecule has 0 radical (unpaired) electrons. The largest absolute Gasteiger partial charge is 0.398 e. The monoisotopic (exact) mass is 422 g/mol. The fourth-order valence-corrected chi connectivity index (χ4v) is 3.86. The third-order valence-corrected chi connectivity index (χ3v) is 4.80. The smallest absolute Gasteiger partial charge is 0.237 e. The van der Waals surface area contributed by atoms with Crippen molar-refractivity contribution in [1.29, 1.82) is 0 Å². The molecule has 0 saturated carbocycles. The number of sulfonamides is 1. The van der Waals surface area contributed by atoms with Crippen LogP contribution in [0.3, 0.4) is 0 Å². The van der Waals surface area contributed by atoms with E-state index in [4.69, 9.17) is 17.3 Å². The molecule has 106 valence electrons. The van der Waals surface area contributed by atoms with Crippen LogP contribution in [0.2, 0.25) is 5.02 Å². The molecular formula is C13H12ClIN2O2S. The molecule has 0 saturated heterocycles. The Morgan fingerprint density at radius 1 is 1.20 bits per heavy atom. The van der Waals surface area contributed by atoms with Gasteiger partial charge in [-0.15, -0.1) is 0 Å². The number of rotatable bonds is 4. The highest BCUT2D eigenvalue weighted by atomic mass is 127. The Balaban J connectivity index is 2.22. The second-order valence-electron chi connectivity index (χ2n) is 4.18. The zero-order valence-corrected chi connectivity index (χ0v) is 14.0. The van der Waals surface area contributed by atoms with E-state index in [0.29, 0.717) is 22.0 Å². The van der Waals surface area contributed by atoms with Crippen molar-refractivity contribution >= 4 is 55.6 Å². The minimum Gasteiger partial charge on any atom is -0.398 e. The van der Waals surface area contributed by atoms with Gasteiger partial charge in [0.05, 0.1) is 16.5 Å². The van der Waals surface area contributed by atoms with E-state index < -0.39 is 10.0 Å². The highest BCUT2D eigenvalue weighted by Crippen LogP contribution is 2.25. The van der Waals surface area contributed by atoms with E-state index in [1.807, 2.05) is 0 Å². The van der Waals surface area contributed by atoms with E-state index in [-0.39, 0.29) is 5.75 Å². The molecule has 0 aromatic heterocycles. The quantitative estimate of drug-likeness (QED) is 0.585. The van der Waals surface area contributed by atoms with Crippen molar-refractivity contribution in [1.82, 2.24) is 0 Å². The highest BCUT2D eigenvalue weighted by Gasteiger charge is 2.15. The van der Waals surface area contributed by atoms with Gasteiger partial charge >= 0.3 is 0 Å². The molecule has 4 nitrogen and oxygen atoms in total. The molecule has 2 aromatic rings. The number of para-hydroxylation sites is 1. The van der Waals surface area contributed by atoms with Crippen LogP contribution in [0, 0.1) is 3.57 Å². The summed E-state index contributed by atoms with van der Waals surface area (Å²) in [5.41, 5.74) is 7.12. The van der Waals surface area contributed by atoms with Gasteiger partial charge in [-0.1, -0.05) is 29.8 Å². The molecule has 20 heavy (non-hydrogen) atoms. The number of hydrogen-bond donors (Lipinski definition) is 2. The molecule has 7 heteroatoms. The first-order chi connectivity index (χ1) is 9.37. The van der Waals surface area contributed by atoms with Crippen LogP contribution in [-0.2, 0) is 15.8 Å². The SMILES string of the molecule is Nc1ccccc1CS(=O)(=O)Nc1ccc(I)cc1Cl. The van der Waals surface area contributed by atoms with Gasteiger partial charge in [0, 0.05) is 9.26 Å². The summed E-state index contributed by atoms with van der Waals surface area (Å²) in [4.78, 5) is 0. The lowest BCUT2D eigenvalue weighted by Gasteiger charge is -2.11. The average molecular weight is 423 g/mol. The van der Waals surface area contributed by atoms with Crippen molar-refractivity contribution in [2.24, 2.45) is 0 Å². The van der Waals surface area contributed by atoms with E-state index in [0.717, 1.165) is 3.57 Å². The van der Waals surface area contributed by atoms with E-state index in [1.54, 1.807) is 42.5 Å². The fourth-order valence-electron chi connectivity index (χ4n) is 1.65. The lowest BCUT2D eigenvalue weighted by molar-refractivity contribution is 0.600. The highest BCUT2D eigenvalue weighted by molar-refractivity contribution is 14.1. The first-order valence-electron chi connectivity index (χ1n) is 5.66. The number of nitrogens with two attached hydrogens (primary N) is 1. The molecule has 0 fully saturated rings. The number of halogens is 2. The topological polar surface area (TPSA) is 72.2 Å². The second kappa shape index (κ2) is 6.19. The second-order valence-corrected chi connectivity index (χ2v) is 7.56. The normalized spacial score (nSPS) is 11.3. The molecule has 0 aliphatic rings. The van der Waals surface area contributed by atoms with Crippen LogP contribution in [0.4, 0.5) is 11.4 Å². The maximum Gasteiger partial charge on any atom is 0.237 e. The Hall–Kier alpha value is -0.990. The van der Waals surface area contributed by atoms with Crippen molar-refractivity contribution in [2.75, 3.05) is 10.5 Å². The molecule has 0 unspecified atom stereocenters. The van der Waals surface area contributed by atoms with Gasteiger partial charge in [0.15, 0.2) is 0 Å². The standard InChI is InChI=1S/C13H12ClIN2O2S/c14-11-7-10(15)5-6-13(11)17-20(18,19)8-9-3-1-2-4-12(9)16/h1-7,17H,8,16H2. The Morgan fingerprint density at radius 3 is 2.55 bits per heavy atom. The Bertz CT molecular complexity index is 735. The zero-order chi connectivity index (χ0) is 14.8. The zero-order valence-electron chi connectivity index (χ0n) is 10.3. The number of benzene rings is 2. The first kappa shape index (κ1) is 15.4. The van der Waals surface area contributed by atoms with Gasteiger partial charge in [0.25, 0.3) is 0 Å². The average Bonchev–Trinajstić information content (AvgIpc) is 2.35. The molecule has 0 bridgehead atoms. The molecule has 0 heterocycles. The fraction of sp³-hybridized carbons (Fsp3) is 0.0769. The molecule has 0 amide bonds. The minimum absolute atomic E-state index is 0.192. The van der Waals surface area contributed by atoms with Gasteiger partial charge in [0.1, 0.15) is 0 Å². The lowest BCUT2D eigenvalue weighted by Crippen LogP contribution is -2.16. The third-order valence-electron chi connectivity index (χ3n) is 2.60. The van der Waals surface area contributed by atoms with E-state index >= 15 is 0 Å². The van der Waals surface area contributed by atoms with Crippen LogP contribution in [0.5, 0.6) is 0 Å². The van der Waals surface area contributed by atoms with Gasteiger partial charge in [-0.25, -0.2) is 8.42 Å². The van der Waals surface area contributed by atoms with Crippen molar-refractivity contribution < 1.29 is 8.42 Å². The van der Waals surface area contributed by atoms with Gasteiger partial charge < -0.3 is 5.73 Å². The molecule has 2 aromatic carbocycles. The predicted molar refractivity (Wildman–Crippen MR) is 91.3 cm³/mol. The molecular weight excluding hydrogens is 411 g/mol. The number of hydrogen-bond acceptors (Lipinski definition) is 3. The summed E-state index contributed by atoms with van der Waals surface area (Å²) in [7, 11) is -3.56. The molecule has 0 spiro atoms. The molecule has 0 aliphatic heterocycles. The van der Waals surface area contributed by atoms with Crippen LogP contribution in [-0.4, -0.2) is 8.42 Å². The summed E-state index contributed by atoms with van der Waals surface area (Å²) < 4.78 is 27.7. The lowest BCUT2D eigenvalue weighted by atomic mass is 10.2. The summed E-state index contributed by atoms with van der Waals surface area (Å²) in [5.74, 6) is -0.192.